The van der Waals surface area contributed by atoms with Gasteiger partial charge < -0.3 is 9.80 Å². The van der Waals surface area contributed by atoms with Gasteiger partial charge in [-0.1, -0.05) is 0 Å². The number of hydrogen-bond acceptors (Lipinski definition) is 7. The number of rotatable bonds is 3. The Bertz CT molecular complexity index is 866. The Balaban J connectivity index is 1.47. The monoisotopic (exact) mass is 336 g/mol. The molecule has 1 saturated heterocycles. The van der Waals surface area contributed by atoms with E-state index < -0.39 is 0 Å². The van der Waals surface area contributed by atoms with Crippen LogP contribution in [0.15, 0.2) is 37.2 Å². The van der Waals surface area contributed by atoms with E-state index >= 15 is 0 Å². The zero-order valence-electron chi connectivity index (χ0n) is 14.4. The molecule has 1 fully saturated rings. The maximum absolute atomic E-state index is 4.76. The number of aromatic nitrogens is 6. The molecule has 0 spiro atoms. The molecule has 0 saturated carbocycles. The van der Waals surface area contributed by atoms with Crippen molar-refractivity contribution in [1.82, 2.24) is 29.7 Å². The fourth-order valence-electron chi connectivity index (χ4n) is 2.97. The molecule has 4 rings (SSSR count). The summed E-state index contributed by atoms with van der Waals surface area (Å²) in [6.07, 6.45) is 11.0. The average Bonchev–Trinajstić information content (AvgIpc) is 3.08. The van der Waals surface area contributed by atoms with Gasteiger partial charge in [0.05, 0.1) is 36.2 Å². The van der Waals surface area contributed by atoms with Crippen molar-refractivity contribution in [1.29, 1.82) is 0 Å². The van der Waals surface area contributed by atoms with E-state index in [1.807, 2.05) is 38.8 Å². The Morgan fingerprint density at radius 2 is 1.44 bits per heavy atom. The van der Waals surface area contributed by atoms with E-state index in [9.17, 15) is 0 Å². The second-order valence-corrected chi connectivity index (χ2v) is 6.16. The fourth-order valence-corrected chi connectivity index (χ4v) is 2.97. The molecule has 0 unspecified atom stereocenters. The first-order valence-corrected chi connectivity index (χ1v) is 8.29. The Kier molecular flexibility index (Phi) is 4.01. The molecule has 0 aromatic carbocycles. The number of anilines is 2. The lowest BCUT2D eigenvalue weighted by Crippen LogP contribution is -2.47. The van der Waals surface area contributed by atoms with E-state index in [2.05, 4.69) is 29.9 Å². The summed E-state index contributed by atoms with van der Waals surface area (Å²) in [5.41, 5.74) is 2.76. The predicted octanol–water partition coefficient (Wildman–Crippen LogP) is 1.30. The third-order valence-corrected chi connectivity index (χ3v) is 4.29. The molecule has 0 aliphatic carbocycles. The second kappa shape index (κ2) is 6.46. The smallest absolute Gasteiger partial charge is 0.147 e. The van der Waals surface area contributed by atoms with Gasteiger partial charge in [0, 0.05) is 51.2 Å². The minimum Gasteiger partial charge on any atom is -0.352 e. The normalized spacial score (nSPS) is 14.8. The molecule has 128 valence electrons. The van der Waals surface area contributed by atoms with Crippen LogP contribution in [0.3, 0.4) is 0 Å². The summed E-state index contributed by atoms with van der Waals surface area (Å²) < 4.78 is 1.77. The molecule has 0 radical (unpaired) electrons. The molecule has 1 aliphatic heterocycles. The highest BCUT2D eigenvalue weighted by atomic mass is 15.3. The summed E-state index contributed by atoms with van der Waals surface area (Å²) in [7, 11) is 1.90. The number of piperazine rings is 1. The highest BCUT2D eigenvalue weighted by molar-refractivity contribution is 5.58. The minimum atomic E-state index is 0.845. The SMILES string of the molecule is Cc1cncc(N2CCN(c3cncc(-c4cnn(C)c4)n3)CC2)n1. The van der Waals surface area contributed by atoms with Crippen molar-refractivity contribution >= 4 is 11.6 Å². The average molecular weight is 336 g/mol. The van der Waals surface area contributed by atoms with Gasteiger partial charge in [0.25, 0.3) is 0 Å². The summed E-state index contributed by atoms with van der Waals surface area (Å²) in [6.45, 7) is 5.49. The van der Waals surface area contributed by atoms with Gasteiger partial charge in [-0.3, -0.25) is 14.6 Å². The summed E-state index contributed by atoms with van der Waals surface area (Å²) >= 11 is 0. The third-order valence-electron chi connectivity index (χ3n) is 4.29. The highest BCUT2D eigenvalue weighted by Crippen LogP contribution is 2.20. The molecule has 8 nitrogen and oxygen atoms in total. The van der Waals surface area contributed by atoms with Gasteiger partial charge in [-0.25, -0.2) is 9.97 Å². The summed E-state index contributed by atoms with van der Waals surface area (Å²) in [6, 6.07) is 0. The third kappa shape index (κ3) is 3.28. The van der Waals surface area contributed by atoms with Gasteiger partial charge in [0.15, 0.2) is 0 Å². The van der Waals surface area contributed by atoms with Crippen LogP contribution in [-0.4, -0.2) is 55.9 Å². The Hall–Kier alpha value is -3.03. The lowest BCUT2D eigenvalue weighted by atomic mass is 10.2. The van der Waals surface area contributed by atoms with E-state index in [0.29, 0.717) is 0 Å². The second-order valence-electron chi connectivity index (χ2n) is 6.16. The number of aryl methyl sites for hydroxylation is 2. The van der Waals surface area contributed by atoms with Crippen LogP contribution in [0, 0.1) is 6.92 Å². The molecule has 25 heavy (non-hydrogen) atoms. The van der Waals surface area contributed by atoms with Crippen LogP contribution in [0.4, 0.5) is 11.6 Å². The van der Waals surface area contributed by atoms with E-state index in [4.69, 9.17) is 4.98 Å². The van der Waals surface area contributed by atoms with Gasteiger partial charge >= 0.3 is 0 Å². The first-order chi connectivity index (χ1) is 12.2. The Morgan fingerprint density at radius 1 is 0.800 bits per heavy atom. The van der Waals surface area contributed by atoms with Crippen molar-refractivity contribution in [2.75, 3.05) is 36.0 Å². The van der Waals surface area contributed by atoms with Crippen molar-refractivity contribution in [3.8, 4) is 11.3 Å². The maximum atomic E-state index is 4.76. The standard InChI is InChI=1S/C17H20N8/c1-13-7-18-10-16(21-13)24-3-5-25(6-4-24)17-11-19-9-15(22-17)14-8-20-23(2)12-14/h7-12H,3-6H2,1-2H3. The summed E-state index contributed by atoms with van der Waals surface area (Å²) in [5, 5.41) is 4.20. The molecule has 1 aliphatic rings. The van der Waals surface area contributed by atoms with Crippen LogP contribution >= 0.6 is 0 Å². The van der Waals surface area contributed by atoms with Crippen molar-refractivity contribution in [2.45, 2.75) is 6.92 Å². The van der Waals surface area contributed by atoms with Gasteiger partial charge in [0.2, 0.25) is 0 Å². The first-order valence-electron chi connectivity index (χ1n) is 8.29. The lowest BCUT2D eigenvalue weighted by molar-refractivity contribution is 0.639. The van der Waals surface area contributed by atoms with Gasteiger partial charge in [0.1, 0.15) is 11.6 Å². The zero-order chi connectivity index (χ0) is 17.2. The highest BCUT2D eigenvalue weighted by Gasteiger charge is 2.20. The van der Waals surface area contributed by atoms with E-state index in [-0.39, 0.29) is 0 Å². The van der Waals surface area contributed by atoms with Crippen molar-refractivity contribution in [3.63, 3.8) is 0 Å². The van der Waals surface area contributed by atoms with E-state index in [0.717, 1.165) is 54.8 Å². The minimum absolute atomic E-state index is 0.845. The molecule has 8 heteroatoms. The van der Waals surface area contributed by atoms with Crippen molar-refractivity contribution in [3.05, 3.63) is 42.9 Å². The zero-order valence-corrected chi connectivity index (χ0v) is 14.4. The van der Waals surface area contributed by atoms with E-state index in [1.165, 1.54) is 0 Å². The largest absolute Gasteiger partial charge is 0.352 e. The molecule has 0 amide bonds. The lowest BCUT2D eigenvalue weighted by Gasteiger charge is -2.35. The Labute approximate surface area is 146 Å². The van der Waals surface area contributed by atoms with Gasteiger partial charge in [-0.05, 0) is 6.92 Å². The van der Waals surface area contributed by atoms with Crippen LogP contribution in [-0.2, 0) is 7.05 Å². The van der Waals surface area contributed by atoms with Crippen LogP contribution < -0.4 is 9.80 Å². The first kappa shape index (κ1) is 15.5. The molecule has 3 aromatic heterocycles. The number of nitrogens with zero attached hydrogens (tertiary/aromatic N) is 8. The van der Waals surface area contributed by atoms with Crippen LogP contribution in [0.2, 0.25) is 0 Å². The molecule has 0 atom stereocenters. The van der Waals surface area contributed by atoms with Gasteiger partial charge in [-0.2, -0.15) is 5.10 Å². The predicted molar refractivity (Wildman–Crippen MR) is 95.4 cm³/mol. The van der Waals surface area contributed by atoms with Crippen molar-refractivity contribution in [2.24, 2.45) is 7.05 Å². The van der Waals surface area contributed by atoms with Crippen molar-refractivity contribution < 1.29 is 0 Å². The molecule has 0 bridgehead atoms. The summed E-state index contributed by atoms with van der Waals surface area (Å²) in [4.78, 5) is 22.4. The van der Waals surface area contributed by atoms with Crippen LogP contribution in [0.1, 0.15) is 5.69 Å². The fraction of sp³-hybridized carbons (Fsp3) is 0.353. The Morgan fingerprint density at radius 3 is 2.04 bits per heavy atom. The summed E-state index contributed by atoms with van der Waals surface area (Å²) in [5.74, 6) is 1.84. The maximum Gasteiger partial charge on any atom is 0.147 e. The topological polar surface area (TPSA) is 75.9 Å². The number of hydrogen-bond donors (Lipinski definition) is 0. The van der Waals surface area contributed by atoms with Crippen LogP contribution in [0.5, 0.6) is 0 Å². The molecular formula is C17H20N8. The van der Waals surface area contributed by atoms with Gasteiger partial charge in [-0.15, -0.1) is 0 Å². The van der Waals surface area contributed by atoms with Crippen LogP contribution in [0.25, 0.3) is 11.3 Å². The molecule has 0 N–H and O–H groups in total. The molecule has 4 heterocycles. The molecule has 3 aromatic rings. The van der Waals surface area contributed by atoms with E-state index in [1.54, 1.807) is 17.1 Å². The molecular weight excluding hydrogens is 316 g/mol. The quantitative estimate of drug-likeness (QED) is 0.713.